The predicted molar refractivity (Wildman–Crippen MR) is 92.9 cm³/mol. The molecular weight excluding hydrogens is 320 g/mol. The van der Waals surface area contributed by atoms with Crippen molar-refractivity contribution in [2.24, 2.45) is 0 Å². The summed E-state index contributed by atoms with van der Waals surface area (Å²) < 4.78 is 5.44. The van der Waals surface area contributed by atoms with Crippen LogP contribution in [-0.2, 0) is 9.53 Å². The summed E-state index contributed by atoms with van der Waals surface area (Å²) in [7, 11) is 0. The molecule has 0 radical (unpaired) electrons. The summed E-state index contributed by atoms with van der Waals surface area (Å²) in [4.78, 5) is 26.8. The Morgan fingerprint density at radius 1 is 1.20 bits per heavy atom. The standard InChI is InChI=1S/C17H22N6O2/c24-17(22-16-12-18-5-6-21-16)13-19-11-15(14-3-1-2-4-20-14)23-7-9-25-10-8-23/h1-6,12,15,19H,7-11,13H2,(H,21,22,24)/t15-/m0/s1. The van der Waals surface area contributed by atoms with Crippen LogP contribution in [0.3, 0.4) is 0 Å². The third-order valence-corrected chi connectivity index (χ3v) is 3.97. The number of carbonyl (C=O) groups excluding carboxylic acids is 1. The zero-order chi connectivity index (χ0) is 17.3. The van der Waals surface area contributed by atoms with Crippen LogP contribution >= 0.6 is 0 Å². The van der Waals surface area contributed by atoms with E-state index in [-0.39, 0.29) is 18.5 Å². The van der Waals surface area contributed by atoms with Crippen molar-refractivity contribution in [3.05, 3.63) is 48.7 Å². The molecule has 0 saturated carbocycles. The van der Waals surface area contributed by atoms with Crippen molar-refractivity contribution < 1.29 is 9.53 Å². The van der Waals surface area contributed by atoms with Gasteiger partial charge in [0.25, 0.3) is 0 Å². The summed E-state index contributed by atoms with van der Waals surface area (Å²) in [6, 6.07) is 6.01. The van der Waals surface area contributed by atoms with E-state index in [2.05, 4.69) is 30.5 Å². The summed E-state index contributed by atoms with van der Waals surface area (Å²) in [6.45, 7) is 3.98. The molecule has 0 aliphatic carbocycles. The Morgan fingerprint density at radius 3 is 2.80 bits per heavy atom. The van der Waals surface area contributed by atoms with Gasteiger partial charge in [0.2, 0.25) is 5.91 Å². The Bertz CT molecular complexity index is 649. The van der Waals surface area contributed by atoms with Gasteiger partial charge in [-0.1, -0.05) is 6.07 Å². The van der Waals surface area contributed by atoms with Crippen LogP contribution < -0.4 is 10.6 Å². The number of hydrogen-bond acceptors (Lipinski definition) is 7. The van der Waals surface area contributed by atoms with Crippen LogP contribution in [0, 0.1) is 0 Å². The Hall–Kier alpha value is -2.42. The molecule has 3 rings (SSSR count). The first-order valence-electron chi connectivity index (χ1n) is 8.32. The molecule has 1 fully saturated rings. The largest absolute Gasteiger partial charge is 0.379 e. The van der Waals surface area contributed by atoms with Gasteiger partial charge in [0, 0.05) is 38.2 Å². The second-order valence-corrected chi connectivity index (χ2v) is 5.69. The average Bonchev–Trinajstić information content (AvgIpc) is 2.67. The molecule has 0 spiro atoms. The van der Waals surface area contributed by atoms with Crippen molar-refractivity contribution in [3.8, 4) is 0 Å². The molecule has 2 N–H and O–H groups in total. The molecule has 1 aliphatic rings. The number of pyridine rings is 1. The lowest BCUT2D eigenvalue weighted by molar-refractivity contribution is -0.115. The molecule has 25 heavy (non-hydrogen) atoms. The van der Waals surface area contributed by atoms with Crippen LogP contribution in [0.2, 0.25) is 0 Å². The van der Waals surface area contributed by atoms with Gasteiger partial charge in [0.05, 0.1) is 37.7 Å². The molecule has 2 aromatic rings. The van der Waals surface area contributed by atoms with E-state index >= 15 is 0 Å². The quantitative estimate of drug-likeness (QED) is 0.756. The summed E-state index contributed by atoms with van der Waals surface area (Å²) in [5, 5.41) is 5.93. The lowest BCUT2D eigenvalue weighted by atomic mass is 10.1. The Kier molecular flexibility index (Phi) is 6.38. The average molecular weight is 342 g/mol. The van der Waals surface area contributed by atoms with Gasteiger partial charge in [-0.2, -0.15) is 0 Å². The molecular formula is C17H22N6O2. The molecule has 132 valence electrons. The molecule has 8 nitrogen and oxygen atoms in total. The first-order valence-corrected chi connectivity index (χ1v) is 8.32. The minimum Gasteiger partial charge on any atom is -0.379 e. The normalized spacial score (nSPS) is 16.3. The minimum absolute atomic E-state index is 0.106. The van der Waals surface area contributed by atoms with Crippen molar-refractivity contribution >= 4 is 11.7 Å². The molecule has 0 unspecified atom stereocenters. The van der Waals surface area contributed by atoms with Crippen LogP contribution in [0.5, 0.6) is 0 Å². The molecule has 0 aromatic carbocycles. The van der Waals surface area contributed by atoms with Gasteiger partial charge in [0.1, 0.15) is 0 Å². The summed E-state index contributed by atoms with van der Waals surface area (Å²) in [6.07, 6.45) is 6.41. The van der Waals surface area contributed by atoms with Gasteiger partial charge < -0.3 is 15.4 Å². The summed E-state index contributed by atoms with van der Waals surface area (Å²) in [5.41, 5.74) is 0.992. The van der Waals surface area contributed by atoms with Crippen LogP contribution in [0.25, 0.3) is 0 Å². The molecule has 8 heteroatoms. The molecule has 0 bridgehead atoms. The number of anilines is 1. The van der Waals surface area contributed by atoms with Crippen molar-refractivity contribution in [2.45, 2.75) is 6.04 Å². The summed E-state index contributed by atoms with van der Waals surface area (Å²) >= 11 is 0. The highest BCUT2D eigenvalue weighted by Gasteiger charge is 2.23. The van der Waals surface area contributed by atoms with E-state index in [1.165, 1.54) is 6.20 Å². The van der Waals surface area contributed by atoms with Gasteiger partial charge in [-0.05, 0) is 12.1 Å². The topological polar surface area (TPSA) is 92.3 Å². The monoisotopic (exact) mass is 342 g/mol. The predicted octanol–water partition coefficient (Wildman–Crippen LogP) is 0.473. The third-order valence-electron chi connectivity index (χ3n) is 3.97. The number of nitrogens with zero attached hydrogens (tertiary/aromatic N) is 4. The number of rotatable bonds is 7. The number of nitrogens with one attached hydrogen (secondary N) is 2. The second-order valence-electron chi connectivity index (χ2n) is 5.69. The lowest BCUT2D eigenvalue weighted by Gasteiger charge is -2.34. The molecule has 1 saturated heterocycles. The maximum Gasteiger partial charge on any atom is 0.239 e. The Balaban J connectivity index is 1.54. The van der Waals surface area contributed by atoms with Crippen molar-refractivity contribution in [1.82, 2.24) is 25.2 Å². The number of aromatic nitrogens is 3. The SMILES string of the molecule is O=C(CNC[C@@H](c1ccccn1)N1CCOCC1)Nc1cnccn1. The lowest BCUT2D eigenvalue weighted by Crippen LogP contribution is -2.44. The van der Waals surface area contributed by atoms with E-state index in [0.29, 0.717) is 12.4 Å². The minimum atomic E-state index is -0.151. The van der Waals surface area contributed by atoms with Crippen LogP contribution in [-0.4, -0.2) is 65.2 Å². The number of carbonyl (C=O) groups is 1. The number of morpholine rings is 1. The fourth-order valence-corrected chi connectivity index (χ4v) is 2.76. The van der Waals surface area contributed by atoms with E-state index < -0.39 is 0 Å². The van der Waals surface area contributed by atoms with Gasteiger partial charge in [-0.25, -0.2) is 4.98 Å². The zero-order valence-electron chi connectivity index (χ0n) is 14.0. The van der Waals surface area contributed by atoms with Gasteiger partial charge in [-0.15, -0.1) is 0 Å². The van der Waals surface area contributed by atoms with Crippen molar-refractivity contribution in [3.63, 3.8) is 0 Å². The van der Waals surface area contributed by atoms with Gasteiger partial charge >= 0.3 is 0 Å². The van der Waals surface area contributed by atoms with E-state index in [4.69, 9.17) is 4.74 Å². The maximum atomic E-state index is 12.0. The smallest absolute Gasteiger partial charge is 0.239 e. The third kappa shape index (κ3) is 5.28. The molecule has 1 amide bonds. The van der Waals surface area contributed by atoms with E-state index in [1.54, 1.807) is 18.6 Å². The fraction of sp³-hybridized carbons (Fsp3) is 0.412. The van der Waals surface area contributed by atoms with E-state index in [9.17, 15) is 4.79 Å². The molecule has 1 atom stereocenters. The van der Waals surface area contributed by atoms with Crippen molar-refractivity contribution in [1.29, 1.82) is 0 Å². The highest BCUT2D eigenvalue weighted by molar-refractivity contribution is 5.91. The highest BCUT2D eigenvalue weighted by Crippen LogP contribution is 2.19. The first-order chi connectivity index (χ1) is 12.3. The number of hydrogen-bond donors (Lipinski definition) is 2. The molecule has 3 heterocycles. The maximum absolute atomic E-state index is 12.0. The van der Waals surface area contributed by atoms with Crippen molar-refractivity contribution in [2.75, 3.05) is 44.7 Å². The fourth-order valence-electron chi connectivity index (χ4n) is 2.76. The van der Waals surface area contributed by atoms with Gasteiger partial charge in [-0.3, -0.25) is 19.7 Å². The summed E-state index contributed by atoms with van der Waals surface area (Å²) in [5.74, 6) is 0.297. The van der Waals surface area contributed by atoms with Crippen LogP contribution in [0.1, 0.15) is 11.7 Å². The van der Waals surface area contributed by atoms with Crippen LogP contribution in [0.15, 0.2) is 43.0 Å². The Morgan fingerprint density at radius 2 is 2.08 bits per heavy atom. The Labute approximate surface area is 146 Å². The first kappa shape index (κ1) is 17.4. The van der Waals surface area contributed by atoms with Crippen LogP contribution in [0.4, 0.5) is 5.82 Å². The van der Waals surface area contributed by atoms with E-state index in [1.807, 2.05) is 18.2 Å². The highest BCUT2D eigenvalue weighted by atomic mass is 16.5. The second kappa shape index (κ2) is 9.16. The molecule has 1 aliphatic heterocycles. The number of ether oxygens (including phenoxy) is 1. The van der Waals surface area contributed by atoms with E-state index in [0.717, 1.165) is 32.0 Å². The van der Waals surface area contributed by atoms with Gasteiger partial charge in [0.15, 0.2) is 5.82 Å². The zero-order valence-corrected chi connectivity index (χ0v) is 14.0. The molecule has 2 aromatic heterocycles. The number of amides is 1.